The largest absolute Gasteiger partial charge is 0.493 e. The third-order valence-electron chi connectivity index (χ3n) is 3.40. The number of anilines is 1. The van der Waals surface area contributed by atoms with E-state index in [-0.39, 0.29) is 0 Å². The molecular formula is C18H19N3O4. The number of nitrogens with zero attached hydrogens (tertiary/aromatic N) is 1. The average molecular weight is 341 g/mol. The van der Waals surface area contributed by atoms with Crippen LogP contribution in [0.2, 0.25) is 0 Å². The minimum absolute atomic E-state index is 0.479. The van der Waals surface area contributed by atoms with Crippen LogP contribution in [0, 0.1) is 6.92 Å². The summed E-state index contributed by atoms with van der Waals surface area (Å²) in [6.45, 7) is 1.83. The Morgan fingerprint density at radius 3 is 2.44 bits per heavy atom. The third-order valence-corrected chi connectivity index (χ3v) is 3.40. The number of carbonyl (C=O) groups is 2. The summed E-state index contributed by atoms with van der Waals surface area (Å²) in [7, 11) is 3.03. The van der Waals surface area contributed by atoms with Gasteiger partial charge in [0.1, 0.15) is 0 Å². The van der Waals surface area contributed by atoms with Crippen molar-refractivity contribution in [2.45, 2.75) is 6.92 Å². The number of para-hydroxylation sites is 2. The van der Waals surface area contributed by atoms with Gasteiger partial charge in [-0.15, -0.1) is 0 Å². The first-order chi connectivity index (χ1) is 12.1. The first-order valence-electron chi connectivity index (χ1n) is 7.47. The maximum Gasteiger partial charge on any atom is 0.329 e. The molecule has 0 saturated carbocycles. The maximum atomic E-state index is 11.9. The lowest BCUT2D eigenvalue weighted by atomic mass is 10.2. The van der Waals surface area contributed by atoms with Gasteiger partial charge in [0.25, 0.3) is 0 Å². The highest BCUT2D eigenvalue weighted by Crippen LogP contribution is 2.29. The van der Waals surface area contributed by atoms with Crippen LogP contribution in [-0.2, 0) is 9.59 Å². The molecule has 25 heavy (non-hydrogen) atoms. The van der Waals surface area contributed by atoms with E-state index >= 15 is 0 Å². The second-order valence-corrected chi connectivity index (χ2v) is 5.05. The number of hydrogen-bond acceptors (Lipinski definition) is 5. The first kappa shape index (κ1) is 18.0. The molecule has 0 saturated heterocycles. The van der Waals surface area contributed by atoms with Gasteiger partial charge in [0.2, 0.25) is 0 Å². The second-order valence-electron chi connectivity index (χ2n) is 5.05. The average Bonchev–Trinajstić information content (AvgIpc) is 2.63. The molecule has 2 amide bonds. The molecular weight excluding hydrogens is 322 g/mol. The van der Waals surface area contributed by atoms with Gasteiger partial charge in [-0.25, -0.2) is 5.43 Å². The van der Waals surface area contributed by atoms with Crippen LogP contribution in [0.5, 0.6) is 11.5 Å². The summed E-state index contributed by atoms with van der Waals surface area (Å²) in [5, 5.41) is 6.32. The minimum Gasteiger partial charge on any atom is -0.493 e. The monoisotopic (exact) mass is 341 g/mol. The normalized spacial score (nSPS) is 10.4. The summed E-state index contributed by atoms with van der Waals surface area (Å²) in [4.78, 5) is 23.7. The second kappa shape index (κ2) is 8.49. The molecule has 2 aromatic carbocycles. The van der Waals surface area contributed by atoms with Crippen LogP contribution >= 0.6 is 0 Å². The third kappa shape index (κ3) is 4.57. The fraction of sp³-hybridized carbons (Fsp3) is 0.167. The van der Waals surface area contributed by atoms with Crippen LogP contribution < -0.4 is 20.2 Å². The molecule has 0 spiro atoms. The van der Waals surface area contributed by atoms with E-state index in [1.807, 2.05) is 19.1 Å². The van der Waals surface area contributed by atoms with E-state index in [4.69, 9.17) is 9.47 Å². The molecule has 2 rings (SSSR count). The van der Waals surface area contributed by atoms with Gasteiger partial charge in [0, 0.05) is 11.3 Å². The molecule has 2 N–H and O–H groups in total. The topological polar surface area (TPSA) is 89.0 Å². The van der Waals surface area contributed by atoms with Crippen LogP contribution in [0.1, 0.15) is 11.1 Å². The smallest absolute Gasteiger partial charge is 0.329 e. The molecule has 0 heterocycles. The SMILES string of the molecule is COc1cccc(/C=N\NC(=O)C(=O)Nc2ccccc2C)c1OC. The fourth-order valence-electron chi connectivity index (χ4n) is 2.12. The summed E-state index contributed by atoms with van der Waals surface area (Å²) in [6, 6.07) is 12.4. The highest BCUT2D eigenvalue weighted by molar-refractivity contribution is 6.39. The van der Waals surface area contributed by atoms with E-state index in [9.17, 15) is 9.59 Å². The molecule has 0 unspecified atom stereocenters. The predicted molar refractivity (Wildman–Crippen MR) is 95.1 cm³/mol. The number of benzene rings is 2. The lowest BCUT2D eigenvalue weighted by Crippen LogP contribution is -2.32. The molecule has 0 fully saturated rings. The summed E-state index contributed by atoms with van der Waals surface area (Å²) in [6.07, 6.45) is 1.38. The zero-order valence-electron chi connectivity index (χ0n) is 14.2. The van der Waals surface area contributed by atoms with Gasteiger partial charge in [-0.1, -0.05) is 24.3 Å². The number of hydrogen-bond donors (Lipinski definition) is 2. The molecule has 0 bridgehead atoms. The van der Waals surface area contributed by atoms with Crippen LogP contribution in [0.4, 0.5) is 5.69 Å². The highest BCUT2D eigenvalue weighted by atomic mass is 16.5. The van der Waals surface area contributed by atoms with Gasteiger partial charge in [-0.3, -0.25) is 9.59 Å². The molecule has 0 aliphatic heterocycles. The Labute approximate surface area is 145 Å². The molecule has 7 nitrogen and oxygen atoms in total. The van der Waals surface area contributed by atoms with Crippen molar-refractivity contribution in [1.82, 2.24) is 5.43 Å². The van der Waals surface area contributed by atoms with Crippen molar-refractivity contribution >= 4 is 23.7 Å². The number of carbonyl (C=O) groups excluding carboxylic acids is 2. The summed E-state index contributed by atoms with van der Waals surface area (Å²) >= 11 is 0. The van der Waals surface area contributed by atoms with Crippen LogP contribution in [0.15, 0.2) is 47.6 Å². The summed E-state index contributed by atoms with van der Waals surface area (Å²) < 4.78 is 10.4. The van der Waals surface area contributed by atoms with E-state index in [1.54, 1.807) is 30.3 Å². The number of amides is 2. The molecule has 0 atom stereocenters. The number of rotatable bonds is 5. The molecule has 0 aromatic heterocycles. The van der Waals surface area contributed by atoms with Crippen molar-refractivity contribution in [2.24, 2.45) is 5.10 Å². The maximum absolute atomic E-state index is 11.9. The zero-order chi connectivity index (χ0) is 18.2. The van der Waals surface area contributed by atoms with Gasteiger partial charge in [0.05, 0.1) is 20.4 Å². The van der Waals surface area contributed by atoms with Crippen molar-refractivity contribution in [1.29, 1.82) is 0 Å². The Morgan fingerprint density at radius 2 is 1.76 bits per heavy atom. The van der Waals surface area contributed by atoms with Crippen molar-refractivity contribution in [3.63, 3.8) is 0 Å². The molecule has 0 radical (unpaired) electrons. The number of ether oxygens (including phenoxy) is 2. The van der Waals surface area contributed by atoms with Gasteiger partial charge in [-0.2, -0.15) is 5.10 Å². The van der Waals surface area contributed by atoms with Crippen molar-refractivity contribution < 1.29 is 19.1 Å². The van der Waals surface area contributed by atoms with E-state index in [0.29, 0.717) is 22.7 Å². The minimum atomic E-state index is -0.874. The lowest BCUT2D eigenvalue weighted by molar-refractivity contribution is -0.136. The number of methoxy groups -OCH3 is 2. The predicted octanol–water partition coefficient (Wildman–Crippen LogP) is 2.10. The van der Waals surface area contributed by atoms with Gasteiger partial charge in [-0.05, 0) is 30.7 Å². The fourth-order valence-corrected chi connectivity index (χ4v) is 2.12. The number of nitrogens with one attached hydrogen (secondary N) is 2. The quantitative estimate of drug-likeness (QED) is 0.495. The van der Waals surface area contributed by atoms with E-state index in [2.05, 4.69) is 15.8 Å². The molecule has 0 aliphatic rings. The van der Waals surface area contributed by atoms with Crippen molar-refractivity contribution in [3.05, 3.63) is 53.6 Å². The number of aryl methyl sites for hydroxylation is 1. The molecule has 7 heteroatoms. The van der Waals surface area contributed by atoms with E-state index < -0.39 is 11.8 Å². The summed E-state index contributed by atoms with van der Waals surface area (Å²) in [5.74, 6) is -0.659. The highest BCUT2D eigenvalue weighted by Gasteiger charge is 2.14. The van der Waals surface area contributed by atoms with Gasteiger partial charge >= 0.3 is 11.8 Å². The van der Waals surface area contributed by atoms with Crippen molar-refractivity contribution in [2.75, 3.05) is 19.5 Å². The molecule has 2 aromatic rings. The van der Waals surface area contributed by atoms with E-state index in [0.717, 1.165) is 5.56 Å². The Balaban J connectivity index is 2.01. The Morgan fingerprint density at radius 1 is 1.00 bits per heavy atom. The first-order valence-corrected chi connectivity index (χ1v) is 7.47. The summed E-state index contributed by atoms with van der Waals surface area (Å²) in [5.41, 5.74) is 4.21. The zero-order valence-corrected chi connectivity index (χ0v) is 14.2. The Kier molecular flexibility index (Phi) is 6.11. The van der Waals surface area contributed by atoms with Crippen LogP contribution in [0.3, 0.4) is 0 Å². The standard InChI is InChI=1S/C18H19N3O4/c1-12-7-4-5-9-14(12)20-17(22)18(23)21-19-11-13-8-6-10-15(24-2)16(13)25-3/h4-11H,1-3H3,(H,20,22)(H,21,23)/b19-11-. The molecule has 0 aliphatic carbocycles. The number of hydrazone groups is 1. The van der Waals surface area contributed by atoms with Gasteiger partial charge < -0.3 is 14.8 Å². The van der Waals surface area contributed by atoms with Crippen LogP contribution in [-0.4, -0.2) is 32.2 Å². The van der Waals surface area contributed by atoms with Crippen molar-refractivity contribution in [3.8, 4) is 11.5 Å². The van der Waals surface area contributed by atoms with E-state index in [1.165, 1.54) is 20.4 Å². The molecule has 130 valence electrons. The Bertz CT molecular complexity index is 803. The van der Waals surface area contributed by atoms with Gasteiger partial charge in [0.15, 0.2) is 11.5 Å². The lowest BCUT2D eigenvalue weighted by Gasteiger charge is -2.09. The Hall–Kier alpha value is -3.35. The van der Waals surface area contributed by atoms with Crippen LogP contribution in [0.25, 0.3) is 0 Å².